The van der Waals surface area contributed by atoms with Crippen molar-refractivity contribution in [3.05, 3.63) is 70.3 Å². The van der Waals surface area contributed by atoms with Gasteiger partial charge in [0, 0.05) is 6.42 Å². The Balaban J connectivity index is 2.27. The van der Waals surface area contributed by atoms with Gasteiger partial charge in [0.05, 0.1) is 11.1 Å². The van der Waals surface area contributed by atoms with Crippen LogP contribution in [-0.2, 0) is 22.4 Å². The average Bonchev–Trinajstić information content (AvgIpc) is 2.69. The summed E-state index contributed by atoms with van der Waals surface area (Å²) < 4.78 is 5.52. The summed E-state index contributed by atoms with van der Waals surface area (Å²) in [5, 5.41) is 22.4. The molecule has 7 nitrogen and oxygen atoms in total. The van der Waals surface area contributed by atoms with Crippen LogP contribution >= 0.6 is 0 Å². The molecule has 0 saturated carbocycles. The van der Waals surface area contributed by atoms with Gasteiger partial charge in [-0.1, -0.05) is 30.3 Å². The molecule has 0 aromatic heterocycles. The molecule has 0 fully saturated rings. The van der Waals surface area contributed by atoms with Crippen molar-refractivity contribution >= 4 is 17.9 Å². The normalized spacial score (nSPS) is 12.2. The number of carbonyl (C=O) groups excluding carboxylic acids is 1. The number of aryl methyl sites for hydroxylation is 2. The van der Waals surface area contributed by atoms with Crippen LogP contribution in [0.3, 0.4) is 0 Å². The molecule has 172 valence electrons. The van der Waals surface area contributed by atoms with Crippen LogP contribution in [0.1, 0.15) is 64.6 Å². The Morgan fingerprint density at radius 2 is 1.56 bits per heavy atom. The van der Waals surface area contributed by atoms with Gasteiger partial charge in [-0.05, 0) is 75.9 Å². The van der Waals surface area contributed by atoms with Gasteiger partial charge in [0.2, 0.25) is 0 Å². The number of carbonyl (C=O) groups is 3. The molecule has 2 aromatic carbocycles. The third kappa shape index (κ3) is 7.50. The van der Waals surface area contributed by atoms with Crippen molar-refractivity contribution in [3.8, 4) is 0 Å². The van der Waals surface area contributed by atoms with Crippen LogP contribution in [0.25, 0.3) is 0 Å². The molecular formula is C25H31NO6. The molecule has 0 spiro atoms. The minimum Gasteiger partial charge on any atom is -0.478 e. The Morgan fingerprint density at radius 3 is 2.06 bits per heavy atom. The Morgan fingerprint density at radius 1 is 1.00 bits per heavy atom. The van der Waals surface area contributed by atoms with E-state index in [-0.39, 0.29) is 23.1 Å². The van der Waals surface area contributed by atoms with Gasteiger partial charge in [-0.3, -0.25) is 4.79 Å². The van der Waals surface area contributed by atoms with E-state index in [9.17, 15) is 24.6 Å². The Kier molecular flexibility index (Phi) is 8.55. The minimum atomic E-state index is -1.24. The number of ether oxygens (including phenoxy) is 1. The molecule has 0 amide bonds. The van der Waals surface area contributed by atoms with Crippen LogP contribution in [-0.4, -0.2) is 46.3 Å². The van der Waals surface area contributed by atoms with E-state index < -0.39 is 29.6 Å². The minimum absolute atomic E-state index is 0.0991. The monoisotopic (exact) mass is 441 g/mol. The largest absolute Gasteiger partial charge is 0.478 e. The lowest BCUT2D eigenvalue weighted by Gasteiger charge is -2.25. The van der Waals surface area contributed by atoms with Gasteiger partial charge in [-0.2, -0.15) is 0 Å². The van der Waals surface area contributed by atoms with Crippen LogP contribution < -0.4 is 5.32 Å². The van der Waals surface area contributed by atoms with Gasteiger partial charge in [0.15, 0.2) is 0 Å². The fraction of sp³-hybridized carbons (Fsp3) is 0.400. The summed E-state index contributed by atoms with van der Waals surface area (Å²) in [5.74, 6) is -3.03. The van der Waals surface area contributed by atoms with Gasteiger partial charge in [0.1, 0.15) is 11.6 Å². The number of benzene rings is 2. The summed E-state index contributed by atoms with van der Waals surface area (Å²) >= 11 is 0. The third-order valence-corrected chi connectivity index (χ3v) is 4.83. The van der Waals surface area contributed by atoms with E-state index >= 15 is 0 Å². The summed E-state index contributed by atoms with van der Waals surface area (Å²) in [6.07, 6.45) is 1.44. The highest BCUT2D eigenvalue weighted by Crippen LogP contribution is 2.22. The van der Waals surface area contributed by atoms with E-state index in [1.807, 2.05) is 30.3 Å². The summed E-state index contributed by atoms with van der Waals surface area (Å²) in [5.41, 5.74) is 0.807. The van der Waals surface area contributed by atoms with E-state index in [2.05, 4.69) is 5.32 Å². The first-order valence-corrected chi connectivity index (χ1v) is 10.6. The number of hydrogen-bond acceptors (Lipinski definition) is 5. The molecular weight excluding hydrogens is 410 g/mol. The summed E-state index contributed by atoms with van der Waals surface area (Å²) in [6, 6.07) is 11.9. The lowest BCUT2D eigenvalue weighted by Crippen LogP contribution is -2.43. The van der Waals surface area contributed by atoms with E-state index in [0.29, 0.717) is 12.1 Å². The van der Waals surface area contributed by atoms with E-state index in [1.165, 1.54) is 17.7 Å². The van der Waals surface area contributed by atoms with Gasteiger partial charge in [0.25, 0.3) is 0 Å². The first-order chi connectivity index (χ1) is 15.0. The van der Waals surface area contributed by atoms with Crippen molar-refractivity contribution in [3.63, 3.8) is 0 Å². The Labute approximate surface area is 188 Å². The number of aromatic carboxylic acids is 2. The molecule has 7 heteroatoms. The fourth-order valence-corrected chi connectivity index (χ4v) is 3.45. The molecule has 1 atom stereocenters. The predicted octanol–water partition coefficient (Wildman–Crippen LogP) is 3.87. The third-order valence-electron chi connectivity index (χ3n) is 4.83. The van der Waals surface area contributed by atoms with Crippen LogP contribution in [0.15, 0.2) is 42.5 Å². The van der Waals surface area contributed by atoms with Gasteiger partial charge >= 0.3 is 17.9 Å². The number of carboxylic acids is 2. The number of carboxylic acid groups (broad SMARTS) is 2. The average molecular weight is 442 g/mol. The second-order valence-corrected chi connectivity index (χ2v) is 8.78. The highest BCUT2D eigenvalue weighted by Gasteiger charge is 2.29. The zero-order valence-corrected chi connectivity index (χ0v) is 19.0. The van der Waals surface area contributed by atoms with E-state index in [1.54, 1.807) is 27.7 Å². The summed E-state index contributed by atoms with van der Waals surface area (Å²) in [7, 11) is 0. The molecule has 0 aliphatic rings. The summed E-state index contributed by atoms with van der Waals surface area (Å²) in [6.45, 7) is 7.35. The second kappa shape index (κ2) is 10.9. The molecule has 0 heterocycles. The molecule has 32 heavy (non-hydrogen) atoms. The van der Waals surface area contributed by atoms with Gasteiger partial charge in [-0.25, -0.2) is 9.59 Å². The maximum atomic E-state index is 12.9. The molecule has 2 rings (SSSR count). The maximum Gasteiger partial charge on any atom is 0.335 e. The number of nitrogens with one attached hydrogen (secondary N) is 1. The quantitative estimate of drug-likeness (QED) is 0.379. The van der Waals surface area contributed by atoms with Crippen LogP contribution in [0.5, 0.6) is 0 Å². The predicted molar refractivity (Wildman–Crippen MR) is 121 cm³/mol. The Hall–Kier alpha value is -3.19. The lowest BCUT2D eigenvalue weighted by atomic mass is 9.92. The summed E-state index contributed by atoms with van der Waals surface area (Å²) in [4.78, 5) is 36.5. The van der Waals surface area contributed by atoms with Crippen molar-refractivity contribution < 1.29 is 29.3 Å². The maximum absolute atomic E-state index is 12.9. The molecule has 2 aromatic rings. The van der Waals surface area contributed by atoms with Gasteiger partial charge in [-0.15, -0.1) is 0 Å². The smallest absolute Gasteiger partial charge is 0.335 e. The van der Waals surface area contributed by atoms with E-state index in [4.69, 9.17) is 4.74 Å². The lowest BCUT2D eigenvalue weighted by molar-refractivity contribution is -0.157. The molecule has 1 unspecified atom stereocenters. The van der Waals surface area contributed by atoms with Crippen LogP contribution in [0.4, 0.5) is 0 Å². The molecule has 0 aliphatic heterocycles. The van der Waals surface area contributed by atoms with Crippen molar-refractivity contribution in [1.82, 2.24) is 5.32 Å². The number of hydrogen-bond donors (Lipinski definition) is 3. The fourth-order valence-electron chi connectivity index (χ4n) is 3.45. The van der Waals surface area contributed by atoms with Crippen LogP contribution in [0.2, 0.25) is 0 Å². The SMILES string of the molecule is Cc1cc(C(=O)O)c(CC(NCCCc2ccccc2)C(=O)OC(C)(C)C)c(C(=O)O)c1. The molecule has 3 N–H and O–H groups in total. The highest BCUT2D eigenvalue weighted by molar-refractivity contribution is 5.97. The van der Waals surface area contributed by atoms with Gasteiger partial charge < -0.3 is 20.3 Å². The standard InChI is InChI=1S/C25H31NO6/c1-16-13-19(22(27)28)18(20(14-16)23(29)30)15-21(24(31)32-25(2,3)4)26-12-8-11-17-9-6-5-7-10-17/h5-7,9-10,13-14,21,26H,8,11-12,15H2,1-4H3,(H,27,28)(H,29,30). The molecule has 0 saturated heterocycles. The molecule has 0 radical (unpaired) electrons. The van der Waals surface area contributed by atoms with Crippen molar-refractivity contribution in [2.24, 2.45) is 0 Å². The first kappa shape index (κ1) is 25.1. The zero-order chi connectivity index (χ0) is 23.9. The molecule has 0 bridgehead atoms. The number of esters is 1. The van der Waals surface area contributed by atoms with E-state index in [0.717, 1.165) is 12.8 Å². The molecule has 0 aliphatic carbocycles. The van der Waals surface area contributed by atoms with Crippen LogP contribution in [0, 0.1) is 6.92 Å². The number of rotatable bonds is 10. The highest BCUT2D eigenvalue weighted by atomic mass is 16.6. The van der Waals surface area contributed by atoms with Crippen molar-refractivity contribution in [2.75, 3.05) is 6.54 Å². The van der Waals surface area contributed by atoms with Crippen molar-refractivity contribution in [2.45, 2.75) is 58.6 Å². The Bertz CT molecular complexity index is 927. The second-order valence-electron chi connectivity index (χ2n) is 8.78. The van der Waals surface area contributed by atoms with Crippen molar-refractivity contribution in [1.29, 1.82) is 0 Å². The zero-order valence-electron chi connectivity index (χ0n) is 19.0. The first-order valence-electron chi connectivity index (χ1n) is 10.6. The topological polar surface area (TPSA) is 113 Å².